The molecule has 0 spiro atoms. The van der Waals surface area contributed by atoms with E-state index >= 15 is 0 Å². The molecule has 4 rings (SSSR count). The van der Waals surface area contributed by atoms with Crippen LogP contribution >= 0.6 is 0 Å². The smallest absolute Gasteiger partial charge is 0.356 e. The Hall–Kier alpha value is -2.68. The lowest BCUT2D eigenvalue weighted by Gasteiger charge is -2.39. The third-order valence-electron chi connectivity index (χ3n) is 6.04. The number of H-pyrrole nitrogens is 1. The van der Waals surface area contributed by atoms with E-state index in [2.05, 4.69) is 38.9 Å². The molecule has 166 valence electrons. The SMILES string of the molecule is CC(C)CC1CN(c2ccc(C(F)(F)F)c(-c3n[nH]c4ncccc34)n2)CCC1CN. The molecular formula is C22H27F3N6. The minimum Gasteiger partial charge on any atom is -0.356 e. The lowest BCUT2D eigenvalue weighted by atomic mass is 9.80. The molecule has 0 aliphatic carbocycles. The number of aromatic nitrogens is 4. The summed E-state index contributed by atoms with van der Waals surface area (Å²) in [6.07, 6.45) is -1.04. The largest absolute Gasteiger partial charge is 0.418 e. The van der Waals surface area contributed by atoms with Crippen molar-refractivity contribution in [3.63, 3.8) is 0 Å². The maximum atomic E-state index is 13.8. The summed E-state index contributed by atoms with van der Waals surface area (Å²) in [7, 11) is 0. The molecule has 1 fully saturated rings. The third-order valence-corrected chi connectivity index (χ3v) is 6.04. The summed E-state index contributed by atoms with van der Waals surface area (Å²) >= 11 is 0. The van der Waals surface area contributed by atoms with E-state index in [9.17, 15) is 13.2 Å². The van der Waals surface area contributed by atoms with Gasteiger partial charge < -0.3 is 10.6 Å². The first-order valence-electron chi connectivity index (χ1n) is 10.6. The molecule has 3 N–H and O–H groups in total. The van der Waals surface area contributed by atoms with Crippen molar-refractivity contribution in [1.29, 1.82) is 0 Å². The third kappa shape index (κ3) is 4.37. The Labute approximate surface area is 179 Å². The minimum atomic E-state index is -4.54. The second-order valence-electron chi connectivity index (χ2n) is 8.66. The van der Waals surface area contributed by atoms with Gasteiger partial charge in [0.25, 0.3) is 0 Å². The molecule has 9 heteroatoms. The van der Waals surface area contributed by atoms with Crippen LogP contribution in [-0.4, -0.2) is 39.8 Å². The van der Waals surface area contributed by atoms with Crippen LogP contribution in [0.2, 0.25) is 0 Å². The number of halogens is 3. The number of nitrogens with two attached hydrogens (primary N) is 1. The number of piperidine rings is 1. The van der Waals surface area contributed by atoms with E-state index in [1.807, 2.05) is 0 Å². The minimum absolute atomic E-state index is 0.160. The normalized spacial score (nSPS) is 20.0. The number of fused-ring (bicyclic) bond motifs is 1. The highest BCUT2D eigenvalue weighted by Gasteiger charge is 2.37. The van der Waals surface area contributed by atoms with Crippen molar-refractivity contribution in [3.8, 4) is 11.4 Å². The summed E-state index contributed by atoms with van der Waals surface area (Å²) in [6, 6.07) is 5.95. The predicted molar refractivity (Wildman–Crippen MR) is 114 cm³/mol. The summed E-state index contributed by atoms with van der Waals surface area (Å²) in [5.41, 5.74) is 5.60. The van der Waals surface area contributed by atoms with Crippen molar-refractivity contribution in [2.75, 3.05) is 24.5 Å². The Balaban J connectivity index is 1.74. The fourth-order valence-electron chi connectivity index (χ4n) is 4.54. The quantitative estimate of drug-likeness (QED) is 0.621. The Kier molecular flexibility index (Phi) is 5.88. The van der Waals surface area contributed by atoms with Gasteiger partial charge in [0.2, 0.25) is 0 Å². The second kappa shape index (κ2) is 8.45. The number of nitrogens with one attached hydrogen (secondary N) is 1. The van der Waals surface area contributed by atoms with Gasteiger partial charge in [-0.25, -0.2) is 9.97 Å². The maximum absolute atomic E-state index is 13.8. The Morgan fingerprint density at radius 3 is 2.71 bits per heavy atom. The van der Waals surface area contributed by atoms with Crippen LogP contribution in [-0.2, 0) is 6.18 Å². The number of nitrogens with zero attached hydrogens (tertiary/aromatic N) is 4. The van der Waals surface area contributed by atoms with Gasteiger partial charge in [-0.2, -0.15) is 18.3 Å². The van der Waals surface area contributed by atoms with E-state index in [1.165, 1.54) is 6.07 Å². The van der Waals surface area contributed by atoms with Crippen LogP contribution in [0.4, 0.5) is 19.0 Å². The zero-order chi connectivity index (χ0) is 22.2. The van der Waals surface area contributed by atoms with E-state index in [-0.39, 0.29) is 11.4 Å². The van der Waals surface area contributed by atoms with Crippen LogP contribution < -0.4 is 10.6 Å². The van der Waals surface area contributed by atoms with Crippen molar-refractivity contribution in [2.45, 2.75) is 32.9 Å². The number of rotatable bonds is 5. The van der Waals surface area contributed by atoms with Gasteiger partial charge in [-0.15, -0.1) is 0 Å². The summed E-state index contributed by atoms with van der Waals surface area (Å²) in [5.74, 6) is 1.88. The number of alkyl halides is 3. The second-order valence-corrected chi connectivity index (χ2v) is 8.66. The molecule has 4 heterocycles. The number of aromatic amines is 1. The van der Waals surface area contributed by atoms with Crippen molar-refractivity contribution >= 4 is 16.9 Å². The first-order chi connectivity index (χ1) is 14.8. The Bertz CT molecular complexity index is 1050. The van der Waals surface area contributed by atoms with Crippen LogP contribution in [0.1, 0.15) is 32.3 Å². The average molecular weight is 432 g/mol. The molecule has 0 saturated carbocycles. The van der Waals surface area contributed by atoms with Gasteiger partial charge >= 0.3 is 6.18 Å². The van der Waals surface area contributed by atoms with Crippen LogP contribution in [0.3, 0.4) is 0 Å². The van der Waals surface area contributed by atoms with Gasteiger partial charge in [0.05, 0.1) is 5.56 Å². The molecule has 2 unspecified atom stereocenters. The van der Waals surface area contributed by atoms with E-state index in [1.54, 1.807) is 18.3 Å². The van der Waals surface area contributed by atoms with Crippen molar-refractivity contribution in [3.05, 3.63) is 36.0 Å². The van der Waals surface area contributed by atoms with Gasteiger partial charge in [0, 0.05) is 24.7 Å². The van der Waals surface area contributed by atoms with Crippen LogP contribution in [0.5, 0.6) is 0 Å². The maximum Gasteiger partial charge on any atom is 0.418 e. The fourth-order valence-corrected chi connectivity index (χ4v) is 4.54. The molecule has 3 aromatic rings. The van der Waals surface area contributed by atoms with Crippen molar-refractivity contribution in [1.82, 2.24) is 20.2 Å². The molecule has 2 atom stereocenters. The standard InChI is InChI=1S/C22H27F3N6/c1-13(2)10-15-12-31(9-7-14(15)11-26)18-6-5-17(22(23,24)25)20(28-18)19-16-4-3-8-27-21(16)30-29-19/h3-6,8,13-15H,7,9-12,26H2,1-2H3,(H,27,29,30). The topological polar surface area (TPSA) is 83.7 Å². The summed E-state index contributed by atoms with van der Waals surface area (Å²) < 4.78 is 41.4. The molecule has 0 radical (unpaired) electrons. The summed E-state index contributed by atoms with van der Waals surface area (Å²) in [6.45, 7) is 6.44. The van der Waals surface area contributed by atoms with Crippen LogP contribution in [0.15, 0.2) is 30.5 Å². The molecule has 0 aromatic carbocycles. The number of anilines is 1. The lowest BCUT2D eigenvalue weighted by molar-refractivity contribution is -0.137. The molecule has 0 bridgehead atoms. The number of pyridine rings is 2. The molecular weight excluding hydrogens is 405 g/mol. The van der Waals surface area contributed by atoms with Crippen LogP contribution in [0, 0.1) is 17.8 Å². The molecule has 31 heavy (non-hydrogen) atoms. The first kappa shape index (κ1) is 21.5. The zero-order valence-corrected chi connectivity index (χ0v) is 17.7. The highest BCUT2D eigenvalue weighted by Crippen LogP contribution is 2.39. The molecule has 1 aliphatic rings. The monoisotopic (exact) mass is 432 g/mol. The molecule has 1 aliphatic heterocycles. The Morgan fingerprint density at radius 2 is 2.00 bits per heavy atom. The fraction of sp³-hybridized carbons (Fsp3) is 0.500. The number of hydrogen-bond donors (Lipinski definition) is 2. The first-order valence-corrected chi connectivity index (χ1v) is 10.6. The molecule has 6 nitrogen and oxygen atoms in total. The number of hydrogen-bond acceptors (Lipinski definition) is 5. The average Bonchev–Trinajstić information content (AvgIpc) is 3.16. The van der Waals surface area contributed by atoms with Gasteiger partial charge in [0.15, 0.2) is 5.65 Å². The highest BCUT2D eigenvalue weighted by molar-refractivity contribution is 5.90. The summed E-state index contributed by atoms with van der Waals surface area (Å²) in [5, 5.41) is 7.34. The van der Waals surface area contributed by atoms with Crippen molar-refractivity contribution in [2.24, 2.45) is 23.5 Å². The lowest BCUT2D eigenvalue weighted by Crippen LogP contribution is -2.43. The van der Waals surface area contributed by atoms with Gasteiger partial charge in [0.1, 0.15) is 17.2 Å². The molecule has 1 saturated heterocycles. The van der Waals surface area contributed by atoms with E-state index in [4.69, 9.17) is 5.73 Å². The van der Waals surface area contributed by atoms with Gasteiger partial charge in [-0.05, 0) is 61.4 Å². The highest BCUT2D eigenvalue weighted by atomic mass is 19.4. The van der Waals surface area contributed by atoms with Gasteiger partial charge in [-0.3, -0.25) is 5.10 Å². The van der Waals surface area contributed by atoms with E-state index in [0.29, 0.717) is 41.1 Å². The molecule has 3 aromatic heterocycles. The molecule has 0 amide bonds. The summed E-state index contributed by atoms with van der Waals surface area (Å²) in [4.78, 5) is 10.7. The van der Waals surface area contributed by atoms with Crippen molar-refractivity contribution < 1.29 is 13.2 Å². The predicted octanol–water partition coefficient (Wildman–Crippen LogP) is 4.49. The Morgan fingerprint density at radius 1 is 1.19 bits per heavy atom. The van der Waals surface area contributed by atoms with E-state index in [0.717, 1.165) is 32.0 Å². The van der Waals surface area contributed by atoms with Crippen LogP contribution in [0.25, 0.3) is 22.4 Å². The zero-order valence-electron chi connectivity index (χ0n) is 17.7. The van der Waals surface area contributed by atoms with Gasteiger partial charge in [-0.1, -0.05) is 13.8 Å². The van der Waals surface area contributed by atoms with E-state index < -0.39 is 11.7 Å².